The average molecular weight is 335 g/mol. The van der Waals surface area contributed by atoms with Gasteiger partial charge in [-0.2, -0.15) is 0 Å². The molecule has 0 unspecified atom stereocenters. The molecule has 6 nitrogen and oxygen atoms in total. The number of aromatic amines is 1. The van der Waals surface area contributed by atoms with Crippen LogP contribution in [0.15, 0.2) is 54.9 Å². The lowest BCUT2D eigenvalue weighted by Crippen LogP contribution is -2.48. The number of carbonyl (C=O) groups excluding carboxylic acids is 1. The van der Waals surface area contributed by atoms with Gasteiger partial charge in [0.1, 0.15) is 5.82 Å². The molecule has 0 aliphatic carbocycles. The normalized spacial score (nSPS) is 15.4. The van der Waals surface area contributed by atoms with Gasteiger partial charge in [-0.05, 0) is 18.2 Å². The summed E-state index contributed by atoms with van der Waals surface area (Å²) in [6.07, 6.45) is 3.66. The fraction of sp³-hybridized carbons (Fsp3) is 0.263. The summed E-state index contributed by atoms with van der Waals surface area (Å²) < 4.78 is 0. The summed E-state index contributed by atoms with van der Waals surface area (Å²) in [7, 11) is 0. The van der Waals surface area contributed by atoms with Crippen LogP contribution in [0.1, 0.15) is 0 Å². The van der Waals surface area contributed by atoms with Crippen LogP contribution in [0, 0.1) is 0 Å². The van der Waals surface area contributed by atoms with Gasteiger partial charge in [-0.25, -0.2) is 4.98 Å². The second-order valence-corrected chi connectivity index (χ2v) is 6.25. The Bertz CT molecular complexity index is 852. The highest BCUT2D eigenvalue weighted by Crippen LogP contribution is 2.22. The van der Waals surface area contributed by atoms with Crippen molar-refractivity contribution >= 4 is 28.3 Å². The van der Waals surface area contributed by atoms with Crippen LogP contribution in [0.4, 0.5) is 11.5 Å². The van der Waals surface area contributed by atoms with Gasteiger partial charge < -0.3 is 15.2 Å². The van der Waals surface area contributed by atoms with Crippen LogP contribution in [0.25, 0.3) is 10.9 Å². The fourth-order valence-corrected chi connectivity index (χ4v) is 3.24. The molecule has 0 spiro atoms. The van der Waals surface area contributed by atoms with Crippen molar-refractivity contribution < 1.29 is 4.79 Å². The van der Waals surface area contributed by atoms with Gasteiger partial charge in [0.15, 0.2) is 0 Å². The Kier molecular flexibility index (Phi) is 4.35. The fourth-order valence-electron chi connectivity index (χ4n) is 3.24. The number of para-hydroxylation sites is 1. The number of H-pyrrole nitrogens is 1. The maximum absolute atomic E-state index is 12.4. The van der Waals surface area contributed by atoms with Crippen molar-refractivity contribution in [2.75, 3.05) is 42.9 Å². The van der Waals surface area contributed by atoms with Gasteiger partial charge in [0.05, 0.1) is 12.2 Å². The zero-order chi connectivity index (χ0) is 17.1. The summed E-state index contributed by atoms with van der Waals surface area (Å²) in [5.74, 6) is 1.03. The second-order valence-electron chi connectivity index (χ2n) is 6.25. The number of piperazine rings is 1. The number of aromatic nitrogens is 2. The smallest absolute Gasteiger partial charge is 0.238 e. The van der Waals surface area contributed by atoms with E-state index in [-0.39, 0.29) is 5.91 Å². The lowest BCUT2D eigenvalue weighted by molar-refractivity contribution is -0.117. The van der Waals surface area contributed by atoms with Crippen molar-refractivity contribution in [3.8, 4) is 0 Å². The van der Waals surface area contributed by atoms with Crippen LogP contribution in [0.3, 0.4) is 0 Å². The lowest BCUT2D eigenvalue weighted by Gasteiger charge is -2.34. The number of nitrogens with zero attached hydrogens (tertiary/aromatic N) is 3. The van der Waals surface area contributed by atoms with Crippen molar-refractivity contribution in [3.05, 3.63) is 54.9 Å². The molecule has 2 N–H and O–H groups in total. The lowest BCUT2D eigenvalue weighted by atomic mass is 10.2. The largest absolute Gasteiger partial charge is 0.359 e. The highest BCUT2D eigenvalue weighted by Gasteiger charge is 2.20. The van der Waals surface area contributed by atoms with E-state index in [0.717, 1.165) is 48.6 Å². The zero-order valence-electron chi connectivity index (χ0n) is 14.0. The Morgan fingerprint density at radius 2 is 1.88 bits per heavy atom. The first-order chi connectivity index (χ1) is 12.3. The van der Waals surface area contributed by atoms with Gasteiger partial charge in [-0.15, -0.1) is 0 Å². The molecule has 1 aliphatic heterocycles. The highest BCUT2D eigenvalue weighted by molar-refractivity contribution is 6.02. The quantitative estimate of drug-likeness (QED) is 0.768. The molecule has 3 heterocycles. The van der Waals surface area contributed by atoms with E-state index in [4.69, 9.17) is 0 Å². The summed E-state index contributed by atoms with van der Waals surface area (Å²) in [6, 6.07) is 13.9. The summed E-state index contributed by atoms with van der Waals surface area (Å²) in [5, 5.41) is 4.06. The summed E-state index contributed by atoms with van der Waals surface area (Å²) in [6.45, 7) is 3.90. The summed E-state index contributed by atoms with van der Waals surface area (Å²) in [5.41, 5.74) is 1.87. The van der Waals surface area contributed by atoms with Gasteiger partial charge in [0.25, 0.3) is 0 Å². The predicted octanol–water partition coefficient (Wildman–Crippen LogP) is 2.32. The van der Waals surface area contributed by atoms with Crippen molar-refractivity contribution in [2.24, 2.45) is 0 Å². The van der Waals surface area contributed by atoms with Crippen molar-refractivity contribution in [2.45, 2.75) is 0 Å². The molecule has 6 heteroatoms. The number of benzene rings is 1. The maximum Gasteiger partial charge on any atom is 0.238 e. The molecule has 128 valence electrons. The van der Waals surface area contributed by atoms with E-state index in [2.05, 4.69) is 25.1 Å². The third-order valence-electron chi connectivity index (χ3n) is 4.58. The molecule has 0 saturated carbocycles. The van der Waals surface area contributed by atoms with Gasteiger partial charge in [0.2, 0.25) is 5.91 Å². The Hall–Kier alpha value is -2.86. The molecule has 25 heavy (non-hydrogen) atoms. The van der Waals surface area contributed by atoms with E-state index < -0.39 is 0 Å². The first kappa shape index (κ1) is 15.7. The Morgan fingerprint density at radius 1 is 1.08 bits per heavy atom. The van der Waals surface area contributed by atoms with Gasteiger partial charge in [-0.3, -0.25) is 9.69 Å². The van der Waals surface area contributed by atoms with Gasteiger partial charge in [-0.1, -0.05) is 24.3 Å². The Labute approximate surface area is 146 Å². The standard InChI is InChI=1S/C19H21N5O/c25-19(22-17-13-21-16-6-2-1-5-15(16)17)14-23-9-11-24(12-10-23)18-7-3-4-8-20-18/h1-8,13,21H,9-12,14H2,(H,22,25). The average Bonchev–Trinajstić information content (AvgIpc) is 3.06. The van der Waals surface area contributed by atoms with E-state index in [1.165, 1.54) is 0 Å². The molecule has 0 radical (unpaired) electrons. The van der Waals surface area contributed by atoms with Gasteiger partial charge in [0, 0.05) is 49.5 Å². The molecule has 2 aromatic heterocycles. The molecule has 1 fully saturated rings. The second kappa shape index (κ2) is 6.94. The topological polar surface area (TPSA) is 64.3 Å². The maximum atomic E-state index is 12.4. The number of hydrogen-bond donors (Lipinski definition) is 2. The highest BCUT2D eigenvalue weighted by atomic mass is 16.2. The SMILES string of the molecule is O=C(CN1CCN(c2ccccn2)CC1)Nc1c[nH]c2ccccc12. The zero-order valence-corrected chi connectivity index (χ0v) is 14.0. The van der Waals surface area contributed by atoms with Crippen LogP contribution in [-0.4, -0.2) is 53.5 Å². The molecule has 0 atom stereocenters. The van der Waals surface area contributed by atoms with Crippen molar-refractivity contribution in [1.29, 1.82) is 0 Å². The predicted molar refractivity (Wildman–Crippen MR) is 99.8 cm³/mol. The molecular formula is C19H21N5O. The van der Waals surface area contributed by atoms with Crippen molar-refractivity contribution in [3.63, 3.8) is 0 Å². The molecular weight excluding hydrogens is 314 g/mol. The first-order valence-corrected chi connectivity index (χ1v) is 8.54. The minimum absolute atomic E-state index is 0.0241. The molecule has 4 rings (SSSR count). The van der Waals surface area contributed by atoms with E-state index >= 15 is 0 Å². The molecule has 3 aromatic rings. The first-order valence-electron chi connectivity index (χ1n) is 8.54. The number of hydrogen-bond acceptors (Lipinski definition) is 4. The van der Waals surface area contributed by atoms with E-state index in [1.807, 2.05) is 54.9 Å². The number of carbonyl (C=O) groups is 1. The third-order valence-corrected chi connectivity index (χ3v) is 4.58. The minimum atomic E-state index is 0.0241. The number of fused-ring (bicyclic) bond motifs is 1. The number of anilines is 2. The summed E-state index contributed by atoms with van der Waals surface area (Å²) >= 11 is 0. The monoisotopic (exact) mass is 335 g/mol. The third kappa shape index (κ3) is 3.49. The van der Waals surface area contributed by atoms with E-state index in [1.54, 1.807) is 0 Å². The molecule has 1 amide bonds. The number of rotatable bonds is 4. The Balaban J connectivity index is 1.32. The number of amides is 1. The minimum Gasteiger partial charge on any atom is -0.359 e. The van der Waals surface area contributed by atoms with E-state index in [0.29, 0.717) is 6.54 Å². The van der Waals surface area contributed by atoms with Crippen LogP contribution < -0.4 is 10.2 Å². The molecule has 1 saturated heterocycles. The van der Waals surface area contributed by atoms with Crippen LogP contribution in [0.2, 0.25) is 0 Å². The molecule has 1 aliphatic rings. The molecule has 0 bridgehead atoms. The Morgan fingerprint density at radius 3 is 2.68 bits per heavy atom. The van der Waals surface area contributed by atoms with Crippen molar-refractivity contribution in [1.82, 2.24) is 14.9 Å². The number of pyridine rings is 1. The summed E-state index contributed by atoms with van der Waals surface area (Å²) in [4.78, 5) is 24.4. The van der Waals surface area contributed by atoms with E-state index in [9.17, 15) is 4.79 Å². The number of nitrogens with one attached hydrogen (secondary N) is 2. The molecule has 1 aromatic carbocycles. The van der Waals surface area contributed by atoms with Crippen LogP contribution in [-0.2, 0) is 4.79 Å². The van der Waals surface area contributed by atoms with Crippen LogP contribution in [0.5, 0.6) is 0 Å². The van der Waals surface area contributed by atoms with Crippen LogP contribution >= 0.6 is 0 Å². The van der Waals surface area contributed by atoms with Gasteiger partial charge >= 0.3 is 0 Å².